The van der Waals surface area contributed by atoms with Crippen LogP contribution < -0.4 is 4.74 Å². The summed E-state index contributed by atoms with van der Waals surface area (Å²) < 4.78 is 5.11. The third-order valence-corrected chi connectivity index (χ3v) is 2.74. The van der Waals surface area contributed by atoms with Crippen molar-refractivity contribution < 1.29 is 9.84 Å². The molecule has 15 heavy (non-hydrogen) atoms. The number of methoxy groups -OCH3 is 1. The first-order chi connectivity index (χ1) is 7.06. The molecule has 0 aliphatic carbocycles. The third-order valence-electron chi connectivity index (χ3n) is 2.74. The van der Waals surface area contributed by atoms with E-state index >= 15 is 0 Å². The SMILES string of the molecule is COc1ccc(C(C(C)C)C(C)O)cc1. The van der Waals surface area contributed by atoms with Crippen molar-refractivity contribution in [3.63, 3.8) is 0 Å². The molecular weight excluding hydrogens is 188 g/mol. The van der Waals surface area contributed by atoms with Gasteiger partial charge in [-0.3, -0.25) is 0 Å². The Bertz CT molecular complexity index is 280. The van der Waals surface area contributed by atoms with Crippen LogP contribution in [0.2, 0.25) is 0 Å². The number of hydrogen-bond acceptors (Lipinski definition) is 2. The third kappa shape index (κ3) is 2.96. The van der Waals surface area contributed by atoms with Gasteiger partial charge in [0, 0.05) is 5.92 Å². The molecule has 0 aliphatic rings. The van der Waals surface area contributed by atoms with Gasteiger partial charge < -0.3 is 9.84 Å². The Morgan fingerprint density at radius 2 is 1.60 bits per heavy atom. The quantitative estimate of drug-likeness (QED) is 0.824. The fourth-order valence-corrected chi connectivity index (χ4v) is 2.05. The van der Waals surface area contributed by atoms with E-state index in [1.807, 2.05) is 31.2 Å². The van der Waals surface area contributed by atoms with Crippen molar-refractivity contribution in [1.29, 1.82) is 0 Å². The summed E-state index contributed by atoms with van der Waals surface area (Å²) in [5.74, 6) is 1.47. The lowest BCUT2D eigenvalue weighted by atomic mass is 9.84. The standard InChI is InChI=1S/C13H20O2/c1-9(2)13(10(3)14)11-5-7-12(15-4)8-6-11/h5-10,13-14H,1-4H3. The number of benzene rings is 1. The number of hydrogen-bond donors (Lipinski definition) is 1. The van der Waals surface area contributed by atoms with Gasteiger partial charge in [0.25, 0.3) is 0 Å². The van der Waals surface area contributed by atoms with Gasteiger partial charge in [-0.05, 0) is 30.5 Å². The van der Waals surface area contributed by atoms with Crippen LogP contribution in [-0.2, 0) is 0 Å². The van der Waals surface area contributed by atoms with E-state index in [0.717, 1.165) is 5.75 Å². The second-order valence-electron chi connectivity index (χ2n) is 4.28. The van der Waals surface area contributed by atoms with Crippen LogP contribution in [0.3, 0.4) is 0 Å². The van der Waals surface area contributed by atoms with E-state index in [2.05, 4.69) is 13.8 Å². The van der Waals surface area contributed by atoms with Gasteiger partial charge in [-0.15, -0.1) is 0 Å². The highest BCUT2D eigenvalue weighted by atomic mass is 16.5. The van der Waals surface area contributed by atoms with Crippen molar-refractivity contribution in [3.05, 3.63) is 29.8 Å². The lowest BCUT2D eigenvalue weighted by Gasteiger charge is -2.24. The molecule has 0 spiro atoms. The maximum atomic E-state index is 9.73. The van der Waals surface area contributed by atoms with E-state index in [9.17, 15) is 5.11 Å². The zero-order chi connectivity index (χ0) is 11.4. The van der Waals surface area contributed by atoms with E-state index < -0.39 is 0 Å². The summed E-state index contributed by atoms with van der Waals surface area (Å²) in [6.07, 6.45) is -0.321. The topological polar surface area (TPSA) is 29.5 Å². The van der Waals surface area contributed by atoms with Crippen LogP contribution in [0.1, 0.15) is 32.3 Å². The molecule has 2 heteroatoms. The van der Waals surface area contributed by atoms with E-state index in [0.29, 0.717) is 5.92 Å². The summed E-state index contributed by atoms with van der Waals surface area (Å²) >= 11 is 0. The van der Waals surface area contributed by atoms with Gasteiger partial charge in [0.15, 0.2) is 0 Å². The van der Waals surface area contributed by atoms with Crippen molar-refractivity contribution in [2.24, 2.45) is 5.92 Å². The Kier molecular flexibility index (Phi) is 4.15. The normalized spacial score (nSPS) is 15.1. The minimum absolute atomic E-state index is 0.191. The summed E-state index contributed by atoms with van der Waals surface area (Å²) in [6, 6.07) is 7.92. The Hall–Kier alpha value is -1.02. The summed E-state index contributed by atoms with van der Waals surface area (Å²) in [7, 11) is 1.66. The Balaban J connectivity index is 2.92. The second kappa shape index (κ2) is 5.17. The smallest absolute Gasteiger partial charge is 0.118 e. The summed E-state index contributed by atoms with van der Waals surface area (Å²) in [6.45, 7) is 6.10. The van der Waals surface area contributed by atoms with Gasteiger partial charge in [0.1, 0.15) is 5.75 Å². The summed E-state index contributed by atoms with van der Waals surface area (Å²) in [5.41, 5.74) is 1.17. The van der Waals surface area contributed by atoms with Crippen molar-refractivity contribution in [3.8, 4) is 5.75 Å². The minimum Gasteiger partial charge on any atom is -0.497 e. The molecule has 2 atom stereocenters. The number of aliphatic hydroxyl groups excluding tert-OH is 1. The van der Waals surface area contributed by atoms with Crippen LogP contribution in [-0.4, -0.2) is 18.3 Å². The van der Waals surface area contributed by atoms with E-state index in [1.165, 1.54) is 5.56 Å². The molecule has 0 fully saturated rings. The first kappa shape index (κ1) is 12.1. The van der Waals surface area contributed by atoms with Crippen LogP contribution in [0.15, 0.2) is 24.3 Å². The maximum Gasteiger partial charge on any atom is 0.118 e. The lowest BCUT2D eigenvalue weighted by Crippen LogP contribution is -2.19. The fraction of sp³-hybridized carbons (Fsp3) is 0.538. The molecule has 1 rings (SSSR count). The van der Waals surface area contributed by atoms with Crippen LogP contribution in [0, 0.1) is 5.92 Å². The highest BCUT2D eigenvalue weighted by molar-refractivity contribution is 5.30. The molecule has 0 saturated carbocycles. The fourth-order valence-electron chi connectivity index (χ4n) is 2.05. The molecule has 2 nitrogen and oxygen atoms in total. The maximum absolute atomic E-state index is 9.73. The number of ether oxygens (including phenoxy) is 1. The molecule has 0 aliphatic heterocycles. The second-order valence-corrected chi connectivity index (χ2v) is 4.28. The van der Waals surface area contributed by atoms with Crippen molar-refractivity contribution in [1.82, 2.24) is 0 Å². The molecule has 1 aromatic rings. The molecule has 0 heterocycles. The molecule has 0 radical (unpaired) electrons. The van der Waals surface area contributed by atoms with Crippen molar-refractivity contribution in [2.75, 3.05) is 7.11 Å². The van der Waals surface area contributed by atoms with E-state index in [1.54, 1.807) is 7.11 Å². The Morgan fingerprint density at radius 1 is 1.07 bits per heavy atom. The van der Waals surface area contributed by atoms with Crippen LogP contribution >= 0.6 is 0 Å². The molecular formula is C13H20O2. The predicted molar refractivity (Wildman–Crippen MR) is 62.3 cm³/mol. The first-order valence-corrected chi connectivity index (χ1v) is 5.38. The molecule has 0 amide bonds. The molecule has 2 unspecified atom stereocenters. The van der Waals surface area contributed by atoms with Gasteiger partial charge in [0.05, 0.1) is 13.2 Å². The zero-order valence-electron chi connectivity index (χ0n) is 9.90. The van der Waals surface area contributed by atoms with E-state index in [4.69, 9.17) is 4.74 Å². The highest BCUT2D eigenvalue weighted by Crippen LogP contribution is 2.29. The van der Waals surface area contributed by atoms with Gasteiger partial charge in [-0.25, -0.2) is 0 Å². The molecule has 0 bridgehead atoms. The van der Waals surface area contributed by atoms with Gasteiger partial charge in [-0.2, -0.15) is 0 Å². The monoisotopic (exact) mass is 208 g/mol. The van der Waals surface area contributed by atoms with Gasteiger partial charge in [-0.1, -0.05) is 26.0 Å². The van der Waals surface area contributed by atoms with Crippen LogP contribution in [0.25, 0.3) is 0 Å². The van der Waals surface area contributed by atoms with Gasteiger partial charge in [0.2, 0.25) is 0 Å². The predicted octanol–water partition coefficient (Wildman–Crippen LogP) is 2.82. The molecule has 84 valence electrons. The van der Waals surface area contributed by atoms with Crippen LogP contribution in [0.4, 0.5) is 0 Å². The average Bonchev–Trinajstić information content (AvgIpc) is 2.18. The Labute approximate surface area is 91.9 Å². The summed E-state index contributed by atoms with van der Waals surface area (Å²) in [4.78, 5) is 0. The summed E-state index contributed by atoms with van der Waals surface area (Å²) in [5, 5.41) is 9.73. The Morgan fingerprint density at radius 3 is 1.93 bits per heavy atom. The zero-order valence-corrected chi connectivity index (χ0v) is 9.90. The number of aliphatic hydroxyl groups is 1. The molecule has 0 saturated heterocycles. The lowest BCUT2D eigenvalue weighted by molar-refractivity contribution is 0.140. The van der Waals surface area contributed by atoms with Crippen molar-refractivity contribution >= 4 is 0 Å². The largest absolute Gasteiger partial charge is 0.497 e. The minimum atomic E-state index is -0.321. The highest BCUT2D eigenvalue weighted by Gasteiger charge is 2.20. The molecule has 1 aromatic carbocycles. The van der Waals surface area contributed by atoms with Crippen molar-refractivity contribution in [2.45, 2.75) is 32.8 Å². The van der Waals surface area contributed by atoms with E-state index in [-0.39, 0.29) is 12.0 Å². The molecule has 1 N–H and O–H groups in total. The molecule has 0 aromatic heterocycles. The van der Waals surface area contributed by atoms with Crippen LogP contribution in [0.5, 0.6) is 5.75 Å². The average molecular weight is 208 g/mol. The first-order valence-electron chi connectivity index (χ1n) is 5.38. The van der Waals surface area contributed by atoms with Gasteiger partial charge >= 0.3 is 0 Å². The number of rotatable bonds is 4.